The highest BCUT2D eigenvalue weighted by Gasteiger charge is 2.18. The van der Waals surface area contributed by atoms with Gasteiger partial charge in [0.1, 0.15) is 23.8 Å². The summed E-state index contributed by atoms with van der Waals surface area (Å²) in [6.07, 6.45) is 4.65. The molecule has 0 bridgehead atoms. The van der Waals surface area contributed by atoms with Crippen LogP contribution in [0.2, 0.25) is 0 Å². The lowest BCUT2D eigenvalue weighted by molar-refractivity contribution is 0.0957. The molecule has 0 fully saturated rings. The van der Waals surface area contributed by atoms with E-state index in [1.165, 1.54) is 0 Å². The average molecular weight is 336 g/mol. The molecule has 0 unspecified atom stereocenters. The molecule has 2 N–H and O–H groups in total. The number of aromatic nitrogens is 3. The summed E-state index contributed by atoms with van der Waals surface area (Å²) in [6.45, 7) is 5.29. The van der Waals surface area contributed by atoms with Crippen LogP contribution in [0, 0.1) is 5.92 Å². The molecule has 0 spiro atoms. The number of rotatable bonds is 3. The second-order valence-electron chi connectivity index (χ2n) is 6.66. The van der Waals surface area contributed by atoms with Gasteiger partial charge in [0.15, 0.2) is 0 Å². The molecule has 1 aliphatic rings. The summed E-state index contributed by atoms with van der Waals surface area (Å²) in [4.78, 5) is 24.4. The van der Waals surface area contributed by atoms with Crippen LogP contribution in [0.3, 0.4) is 0 Å². The first kappa shape index (κ1) is 15.6. The molecule has 4 rings (SSSR count). The molecule has 25 heavy (non-hydrogen) atoms. The first-order valence-corrected chi connectivity index (χ1v) is 8.50. The zero-order valence-electron chi connectivity index (χ0n) is 14.3. The molecule has 0 atom stereocenters. The lowest BCUT2D eigenvalue weighted by Gasteiger charge is -2.08. The van der Waals surface area contributed by atoms with Crippen LogP contribution in [0.25, 0.3) is 22.2 Å². The van der Waals surface area contributed by atoms with Crippen molar-refractivity contribution in [3.8, 4) is 16.9 Å². The molecule has 0 saturated heterocycles. The molecule has 3 heterocycles. The number of carbonyl (C=O) groups is 1. The summed E-state index contributed by atoms with van der Waals surface area (Å²) >= 11 is 0. The van der Waals surface area contributed by atoms with Crippen molar-refractivity contribution in [2.24, 2.45) is 5.92 Å². The summed E-state index contributed by atoms with van der Waals surface area (Å²) in [5.41, 5.74) is 3.37. The van der Waals surface area contributed by atoms with Crippen LogP contribution in [-0.2, 0) is 6.42 Å². The van der Waals surface area contributed by atoms with Crippen LogP contribution in [0.1, 0.15) is 30.0 Å². The molecule has 6 heteroatoms. The van der Waals surface area contributed by atoms with Crippen molar-refractivity contribution in [1.82, 2.24) is 20.3 Å². The largest absolute Gasteiger partial charge is 0.491 e. The number of nitrogens with one attached hydrogen (secondary N) is 2. The fourth-order valence-corrected chi connectivity index (χ4v) is 3.06. The summed E-state index contributed by atoms with van der Waals surface area (Å²) in [6, 6.07) is 5.64. The van der Waals surface area contributed by atoms with Gasteiger partial charge < -0.3 is 15.0 Å². The Balaban J connectivity index is 1.75. The molecule has 128 valence electrons. The van der Waals surface area contributed by atoms with Gasteiger partial charge in [0.05, 0.1) is 12.1 Å². The number of benzene rings is 1. The zero-order valence-corrected chi connectivity index (χ0v) is 14.3. The number of hydrogen-bond donors (Lipinski definition) is 2. The number of aromatic amines is 1. The predicted molar refractivity (Wildman–Crippen MR) is 95.7 cm³/mol. The monoisotopic (exact) mass is 336 g/mol. The van der Waals surface area contributed by atoms with Crippen LogP contribution >= 0.6 is 0 Å². The van der Waals surface area contributed by atoms with Crippen LogP contribution in [0.5, 0.6) is 5.75 Å². The Morgan fingerprint density at radius 3 is 3.00 bits per heavy atom. The molecule has 0 aliphatic carbocycles. The highest BCUT2D eigenvalue weighted by Crippen LogP contribution is 2.32. The van der Waals surface area contributed by atoms with Gasteiger partial charge in [0, 0.05) is 29.8 Å². The van der Waals surface area contributed by atoms with Crippen molar-refractivity contribution in [2.75, 3.05) is 13.2 Å². The molecule has 3 aromatic rings. The Labute approximate surface area is 145 Å². The molecular formula is C19H20N4O2. The van der Waals surface area contributed by atoms with Crippen LogP contribution in [-0.4, -0.2) is 34.0 Å². The van der Waals surface area contributed by atoms with E-state index in [1.807, 2.05) is 24.5 Å². The van der Waals surface area contributed by atoms with Crippen LogP contribution in [0.4, 0.5) is 0 Å². The number of carbonyl (C=O) groups excluding carboxylic acids is 1. The van der Waals surface area contributed by atoms with E-state index >= 15 is 0 Å². The van der Waals surface area contributed by atoms with E-state index in [9.17, 15) is 4.79 Å². The number of H-pyrrole nitrogens is 1. The minimum Gasteiger partial charge on any atom is -0.491 e. The normalized spacial score (nSPS) is 14.1. The second kappa shape index (κ2) is 6.20. The van der Waals surface area contributed by atoms with Crippen molar-refractivity contribution < 1.29 is 9.53 Å². The lowest BCUT2D eigenvalue weighted by atomic mass is 10.0. The van der Waals surface area contributed by atoms with Gasteiger partial charge in [0.2, 0.25) is 0 Å². The molecule has 1 aromatic carbocycles. The fourth-order valence-electron chi connectivity index (χ4n) is 3.06. The molecular weight excluding hydrogens is 316 g/mol. The van der Waals surface area contributed by atoms with Crippen molar-refractivity contribution in [1.29, 1.82) is 0 Å². The Hall–Kier alpha value is -2.89. The minimum atomic E-state index is -0.0976. The van der Waals surface area contributed by atoms with E-state index in [0.717, 1.165) is 34.4 Å². The molecule has 6 nitrogen and oxygen atoms in total. The first-order valence-electron chi connectivity index (χ1n) is 8.50. The summed E-state index contributed by atoms with van der Waals surface area (Å²) < 4.78 is 5.71. The summed E-state index contributed by atoms with van der Waals surface area (Å²) in [5.74, 6) is 1.87. The van der Waals surface area contributed by atoms with Crippen LogP contribution < -0.4 is 10.1 Å². The number of amides is 1. The molecule has 1 aliphatic heterocycles. The third-order valence-electron chi connectivity index (χ3n) is 4.26. The number of fused-ring (bicyclic) bond motifs is 2. The van der Waals surface area contributed by atoms with Gasteiger partial charge >= 0.3 is 0 Å². The van der Waals surface area contributed by atoms with Crippen molar-refractivity contribution >= 4 is 16.9 Å². The van der Waals surface area contributed by atoms with Gasteiger partial charge in [-0.15, -0.1) is 0 Å². The average Bonchev–Trinajstić information content (AvgIpc) is 2.91. The number of ether oxygens (including phenoxy) is 1. The van der Waals surface area contributed by atoms with E-state index in [4.69, 9.17) is 4.74 Å². The Morgan fingerprint density at radius 2 is 2.16 bits per heavy atom. The molecule has 1 amide bonds. The third-order valence-corrected chi connectivity index (χ3v) is 4.26. The predicted octanol–water partition coefficient (Wildman–Crippen LogP) is 2.95. The minimum absolute atomic E-state index is 0.0976. The highest BCUT2D eigenvalue weighted by atomic mass is 16.5. The topological polar surface area (TPSA) is 79.9 Å². The fraction of sp³-hybridized carbons (Fsp3) is 0.316. The maximum Gasteiger partial charge on any atom is 0.255 e. The van der Waals surface area contributed by atoms with Crippen molar-refractivity contribution in [3.63, 3.8) is 0 Å². The molecule has 2 aromatic heterocycles. The van der Waals surface area contributed by atoms with Gasteiger partial charge in [-0.25, -0.2) is 9.97 Å². The van der Waals surface area contributed by atoms with Gasteiger partial charge in [-0.1, -0.05) is 19.9 Å². The Morgan fingerprint density at radius 1 is 1.28 bits per heavy atom. The number of hydrogen-bond acceptors (Lipinski definition) is 4. The Kier molecular flexibility index (Phi) is 3.87. The first-order chi connectivity index (χ1) is 12.1. The molecule has 0 radical (unpaired) electrons. The van der Waals surface area contributed by atoms with Gasteiger partial charge in [-0.05, 0) is 23.6 Å². The van der Waals surface area contributed by atoms with Gasteiger partial charge in [-0.2, -0.15) is 0 Å². The van der Waals surface area contributed by atoms with E-state index in [-0.39, 0.29) is 5.91 Å². The van der Waals surface area contributed by atoms with Crippen molar-refractivity contribution in [3.05, 3.63) is 42.0 Å². The Bertz CT molecular complexity index is 946. The van der Waals surface area contributed by atoms with E-state index in [1.54, 1.807) is 6.07 Å². The smallest absolute Gasteiger partial charge is 0.255 e. The van der Waals surface area contributed by atoms with Gasteiger partial charge in [-0.3, -0.25) is 4.79 Å². The van der Waals surface area contributed by atoms with E-state index in [0.29, 0.717) is 30.4 Å². The quantitative estimate of drug-likeness (QED) is 0.771. The SMILES string of the molecule is CC(C)Cc1ncc2c(-c3ccc4c(c3)OCCNC4=O)c[nH]c2n1. The highest BCUT2D eigenvalue weighted by molar-refractivity contribution is 5.99. The van der Waals surface area contributed by atoms with Gasteiger partial charge in [0.25, 0.3) is 5.91 Å². The number of nitrogens with zero attached hydrogens (tertiary/aromatic N) is 2. The zero-order chi connectivity index (χ0) is 17.4. The lowest BCUT2D eigenvalue weighted by Crippen LogP contribution is -2.24. The standard InChI is InChI=1S/C19H20N4O2/c1-11(2)7-17-21-10-15-14(9-22-18(15)23-17)12-3-4-13-16(8-12)25-6-5-20-19(13)24/h3-4,8-11H,5-7H2,1-2H3,(H,20,24)(H,21,22,23). The second-order valence-corrected chi connectivity index (χ2v) is 6.66. The summed E-state index contributed by atoms with van der Waals surface area (Å²) in [5, 5.41) is 3.78. The molecule has 0 saturated carbocycles. The van der Waals surface area contributed by atoms with E-state index in [2.05, 4.69) is 34.1 Å². The van der Waals surface area contributed by atoms with Crippen LogP contribution in [0.15, 0.2) is 30.6 Å². The third kappa shape index (κ3) is 2.95. The summed E-state index contributed by atoms with van der Waals surface area (Å²) in [7, 11) is 0. The maximum atomic E-state index is 12.0. The van der Waals surface area contributed by atoms with Crippen molar-refractivity contribution in [2.45, 2.75) is 20.3 Å². The van der Waals surface area contributed by atoms with E-state index < -0.39 is 0 Å². The maximum absolute atomic E-state index is 12.0.